The van der Waals surface area contributed by atoms with E-state index >= 15 is 0 Å². The fourth-order valence-corrected chi connectivity index (χ4v) is 2.08. The molecule has 0 bridgehead atoms. The van der Waals surface area contributed by atoms with Crippen LogP contribution in [0.15, 0.2) is 24.4 Å². The zero-order valence-electron chi connectivity index (χ0n) is 14.0. The van der Waals surface area contributed by atoms with Gasteiger partial charge in [0.25, 0.3) is 5.69 Å². The molecule has 1 aromatic heterocycles. The lowest BCUT2D eigenvalue weighted by Crippen LogP contribution is -2.24. The average molecular weight is 365 g/mol. The van der Waals surface area contributed by atoms with Crippen molar-refractivity contribution in [1.29, 1.82) is 0 Å². The van der Waals surface area contributed by atoms with Crippen LogP contribution in [0.5, 0.6) is 11.6 Å². The van der Waals surface area contributed by atoms with Gasteiger partial charge in [-0.25, -0.2) is 4.68 Å². The lowest BCUT2D eigenvalue weighted by molar-refractivity contribution is -0.385. The molecule has 1 atom stereocenters. The van der Waals surface area contributed by atoms with Crippen molar-refractivity contribution in [3.8, 4) is 11.6 Å². The molecule has 0 saturated carbocycles. The Morgan fingerprint density at radius 1 is 1.19 bits per heavy atom. The zero-order valence-corrected chi connectivity index (χ0v) is 14.0. The van der Waals surface area contributed by atoms with Crippen molar-refractivity contribution in [2.45, 2.75) is 13.0 Å². The first-order chi connectivity index (χ1) is 12.3. The highest BCUT2D eigenvalue weighted by Crippen LogP contribution is 2.28. The summed E-state index contributed by atoms with van der Waals surface area (Å²) in [6.45, 7) is 1.46. The molecule has 0 aliphatic heterocycles. The Morgan fingerprint density at radius 3 is 2.38 bits per heavy atom. The largest absolute Gasteiger partial charge is 0.496 e. The second-order valence-corrected chi connectivity index (χ2v) is 5.10. The summed E-state index contributed by atoms with van der Waals surface area (Å²) in [7, 11) is 2.56. The van der Waals surface area contributed by atoms with Gasteiger partial charge < -0.3 is 14.8 Å². The number of carbonyl (C=O) groups excluding carboxylic acids is 1. The summed E-state index contributed by atoms with van der Waals surface area (Å²) >= 11 is 0. The van der Waals surface area contributed by atoms with Gasteiger partial charge in [-0.15, -0.1) is 5.10 Å². The highest BCUT2D eigenvalue weighted by molar-refractivity contribution is 5.94. The second kappa shape index (κ2) is 7.46. The molecule has 1 heterocycles. The van der Waals surface area contributed by atoms with E-state index in [-0.39, 0.29) is 28.7 Å². The number of aromatic nitrogens is 2. The minimum Gasteiger partial charge on any atom is -0.496 e. The number of nitro benzene ring substituents is 1. The summed E-state index contributed by atoms with van der Waals surface area (Å²) in [5.74, 6) is -0.627. The first kappa shape index (κ1) is 18.6. The number of rotatable bonds is 7. The number of carbonyl (C=O) groups is 1. The SMILES string of the molecule is COc1cc(NC(=O)C(C)n2cc([N+](=O)[O-])c(OC)n2)cc([N+](=O)[O-])c1. The molecule has 1 N–H and O–H groups in total. The molecule has 0 aliphatic carbocycles. The third kappa shape index (κ3) is 3.85. The van der Waals surface area contributed by atoms with Crippen LogP contribution in [0, 0.1) is 20.2 Å². The van der Waals surface area contributed by atoms with Gasteiger partial charge in [0, 0.05) is 12.1 Å². The molecule has 0 radical (unpaired) electrons. The third-order valence-electron chi connectivity index (χ3n) is 3.45. The normalized spacial score (nSPS) is 11.5. The predicted molar refractivity (Wildman–Crippen MR) is 88.4 cm³/mol. The molecule has 2 aromatic rings. The second-order valence-electron chi connectivity index (χ2n) is 5.10. The van der Waals surface area contributed by atoms with Crippen LogP contribution in [0.2, 0.25) is 0 Å². The van der Waals surface area contributed by atoms with Gasteiger partial charge in [-0.3, -0.25) is 25.0 Å². The van der Waals surface area contributed by atoms with Crippen LogP contribution in [0.1, 0.15) is 13.0 Å². The Bertz CT molecular complexity index is 863. The summed E-state index contributed by atoms with van der Waals surface area (Å²) < 4.78 is 10.8. The van der Waals surface area contributed by atoms with Crippen molar-refractivity contribution in [3.05, 3.63) is 44.6 Å². The number of hydrogen-bond donors (Lipinski definition) is 1. The zero-order chi connectivity index (χ0) is 19.4. The van der Waals surface area contributed by atoms with E-state index in [1.54, 1.807) is 0 Å². The quantitative estimate of drug-likeness (QED) is 0.577. The van der Waals surface area contributed by atoms with Crippen LogP contribution in [0.3, 0.4) is 0 Å². The molecule has 12 heteroatoms. The molecule has 0 saturated heterocycles. The average Bonchev–Trinajstić information content (AvgIpc) is 3.05. The van der Waals surface area contributed by atoms with E-state index in [2.05, 4.69) is 10.4 Å². The number of hydrogen-bond acceptors (Lipinski definition) is 8. The summed E-state index contributed by atoms with van der Waals surface area (Å²) in [5, 5.41) is 28.2. The van der Waals surface area contributed by atoms with Crippen molar-refractivity contribution in [3.63, 3.8) is 0 Å². The molecule has 0 fully saturated rings. The minimum atomic E-state index is -0.942. The fourth-order valence-electron chi connectivity index (χ4n) is 2.08. The van der Waals surface area contributed by atoms with E-state index in [9.17, 15) is 25.0 Å². The molecule has 1 unspecified atom stereocenters. The van der Waals surface area contributed by atoms with E-state index in [1.807, 2.05) is 0 Å². The molecule has 1 amide bonds. The molecule has 12 nitrogen and oxygen atoms in total. The van der Waals surface area contributed by atoms with Crippen LogP contribution in [-0.2, 0) is 4.79 Å². The standard InChI is InChI=1S/C14H15N5O7/c1-8(17-7-12(19(23)24)14(16-17)26-3)13(20)15-9-4-10(18(21)22)6-11(5-9)25-2/h4-8H,1-3H3,(H,15,20). The van der Waals surface area contributed by atoms with E-state index in [1.165, 1.54) is 39.3 Å². The first-order valence-electron chi connectivity index (χ1n) is 7.18. The molecular formula is C14H15N5O7. The van der Waals surface area contributed by atoms with Crippen LogP contribution < -0.4 is 14.8 Å². The Morgan fingerprint density at radius 2 is 1.88 bits per heavy atom. The minimum absolute atomic E-state index is 0.140. The summed E-state index contributed by atoms with van der Waals surface area (Å²) in [6, 6.07) is 2.84. The number of nitrogens with zero attached hydrogens (tertiary/aromatic N) is 4. The Balaban J connectivity index is 2.26. The number of amides is 1. The van der Waals surface area contributed by atoms with Gasteiger partial charge in [0.15, 0.2) is 0 Å². The predicted octanol–water partition coefficient (Wildman–Crippen LogP) is 1.92. The van der Waals surface area contributed by atoms with E-state index < -0.39 is 21.8 Å². The van der Waals surface area contributed by atoms with Gasteiger partial charge in [-0.1, -0.05) is 0 Å². The van der Waals surface area contributed by atoms with Crippen molar-refractivity contribution in [1.82, 2.24) is 9.78 Å². The Labute approximate surface area is 146 Å². The number of nitro groups is 2. The number of methoxy groups -OCH3 is 2. The number of non-ortho nitro benzene ring substituents is 1. The molecule has 0 aliphatic rings. The number of benzene rings is 1. The van der Waals surface area contributed by atoms with Gasteiger partial charge in [-0.05, 0) is 6.92 Å². The van der Waals surface area contributed by atoms with Gasteiger partial charge in [0.1, 0.15) is 18.0 Å². The van der Waals surface area contributed by atoms with Crippen LogP contribution in [0.25, 0.3) is 0 Å². The third-order valence-corrected chi connectivity index (χ3v) is 3.45. The van der Waals surface area contributed by atoms with Crippen LogP contribution >= 0.6 is 0 Å². The lowest BCUT2D eigenvalue weighted by atomic mass is 10.2. The molecule has 26 heavy (non-hydrogen) atoms. The topological polar surface area (TPSA) is 152 Å². The highest BCUT2D eigenvalue weighted by atomic mass is 16.6. The van der Waals surface area contributed by atoms with Crippen molar-refractivity contribution >= 4 is 23.0 Å². The van der Waals surface area contributed by atoms with Crippen molar-refractivity contribution < 1.29 is 24.1 Å². The van der Waals surface area contributed by atoms with E-state index in [4.69, 9.17) is 9.47 Å². The maximum atomic E-state index is 12.4. The van der Waals surface area contributed by atoms with Gasteiger partial charge >= 0.3 is 11.6 Å². The molecule has 1 aromatic carbocycles. The molecule has 138 valence electrons. The number of anilines is 1. The Hall–Kier alpha value is -3.70. The maximum absolute atomic E-state index is 12.4. The number of ether oxygens (including phenoxy) is 2. The first-order valence-corrected chi connectivity index (χ1v) is 7.18. The van der Waals surface area contributed by atoms with E-state index in [0.29, 0.717) is 0 Å². The van der Waals surface area contributed by atoms with Crippen molar-refractivity contribution in [2.75, 3.05) is 19.5 Å². The summed E-state index contributed by atoms with van der Waals surface area (Å²) in [4.78, 5) is 33.0. The number of nitrogens with one attached hydrogen (secondary N) is 1. The van der Waals surface area contributed by atoms with Crippen molar-refractivity contribution in [2.24, 2.45) is 0 Å². The lowest BCUT2D eigenvalue weighted by Gasteiger charge is -2.13. The maximum Gasteiger partial charge on any atom is 0.350 e. The van der Waals surface area contributed by atoms with E-state index in [0.717, 1.165) is 10.9 Å². The van der Waals surface area contributed by atoms with Gasteiger partial charge in [-0.2, -0.15) is 0 Å². The fraction of sp³-hybridized carbons (Fsp3) is 0.286. The molecule has 0 spiro atoms. The molecular weight excluding hydrogens is 350 g/mol. The van der Waals surface area contributed by atoms with Gasteiger partial charge in [0.05, 0.1) is 35.8 Å². The van der Waals surface area contributed by atoms with Gasteiger partial charge in [0.2, 0.25) is 5.91 Å². The van der Waals surface area contributed by atoms with Crippen LogP contribution in [-0.4, -0.2) is 39.8 Å². The highest BCUT2D eigenvalue weighted by Gasteiger charge is 2.25. The monoisotopic (exact) mass is 365 g/mol. The molecule has 2 rings (SSSR count). The Kier molecular flexibility index (Phi) is 5.35. The van der Waals surface area contributed by atoms with Crippen LogP contribution in [0.4, 0.5) is 17.1 Å². The summed E-state index contributed by atoms with van der Waals surface area (Å²) in [5.41, 5.74) is -0.505. The summed E-state index contributed by atoms with van der Waals surface area (Å²) in [6.07, 6.45) is 1.07. The smallest absolute Gasteiger partial charge is 0.350 e.